The summed E-state index contributed by atoms with van der Waals surface area (Å²) in [5.41, 5.74) is 2.45. The van der Waals surface area contributed by atoms with Gasteiger partial charge >= 0.3 is 6.03 Å². The predicted molar refractivity (Wildman–Crippen MR) is 127 cm³/mol. The molecule has 1 aliphatic rings. The van der Waals surface area contributed by atoms with Crippen LogP contribution in [-0.4, -0.2) is 29.9 Å². The fourth-order valence-electron chi connectivity index (χ4n) is 4.31. The summed E-state index contributed by atoms with van der Waals surface area (Å²) in [6.45, 7) is 2.40. The van der Waals surface area contributed by atoms with E-state index in [1.165, 1.54) is 12.1 Å². The van der Waals surface area contributed by atoms with Gasteiger partial charge in [-0.25, -0.2) is 13.6 Å². The highest BCUT2D eigenvalue weighted by atomic mass is 19.1. The Balaban J connectivity index is 1.52. The lowest BCUT2D eigenvalue weighted by molar-refractivity contribution is -0.126. The first-order chi connectivity index (χ1) is 16.4. The molecule has 1 fully saturated rings. The molecular formula is C27H27F2N3O2. The second-order valence-electron chi connectivity index (χ2n) is 8.65. The molecule has 3 amide bonds. The summed E-state index contributed by atoms with van der Waals surface area (Å²) in [4.78, 5) is 27.7. The number of urea groups is 1. The van der Waals surface area contributed by atoms with E-state index in [1.54, 1.807) is 54.3 Å². The summed E-state index contributed by atoms with van der Waals surface area (Å²) in [6, 6.07) is 20.0. The third-order valence-electron chi connectivity index (χ3n) is 6.20. The molecule has 1 saturated heterocycles. The van der Waals surface area contributed by atoms with E-state index in [9.17, 15) is 18.4 Å². The van der Waals surface area contributed by atoms with Crippen molar-refractivity contribution in [1.82, 2.24) is 10.2 Å². The van der Waals surface area contributed by atoms with Gasteiger partial charge in [0.25, 0.3) is 0 Å². The second kappa shape index (κ2) is 10.5. The summed E-state index contributed by atoms with van der Waals surface area (Å²) in [7, 11) is 0. The molecule has 1 heterocycles. The van der Waals surface area contributed by atoms with Crippen molar-refractivity contribution in [3.63, 3.8) is 0 Å². The van der Waals surface area contributed by atoms with Crippen molar-refractivity contribution in [2.45, 2.75) is 25.8 Å². The third-order valence-corrected chi connectivity index (χ3v) is 6.20. The van der Waals surface area contributed by atoms with E-state index < -0.39 is 5.92 Å². The number of carbonyl (C=O) groups excluding carboxylic acids is 2. The van der Waals surface area contributed by atoms with Crippen molar-refractivity contribution < 1.29 is 18.4 Å². The highest BCUT2D eigenvalue weighted by molar-refractivity contribution is 5.90. The summed E-state index contributed by atoms with van der Waals surface area (Å²) >= 11 is 0. The van der Waals surface area contributed by atoms with Crippen LogP contribution in [0.3, 0.4) is 0 Å². The molecule has 2 unspecified atom stereocenters. The van der Waals surface area contributed by atoms with Crippen molar-refractivity contribution >= 4 is 17.6 Å². The Hall–Kier alpha value is -3.74. The number of rotatable bonds is 5. The Bertz CT molecular complexity index is 1170. The number of halogens is 2. The molecule has 4 rings (SSSR count). The maximum Gasteiger partial charge on any atom is 0.321 e. The van der Waals surface area contributed by atoms with Crippen LogP contribution in [0.2, 0.25) is 0 Å². The zero-order valence-corrected chi connectivity index (χ0v) is 18.9. The van der Waals surface area contributed by atoms with Gasteiger partial charge in [-0.05, 0) is 48.7 Å². The highest BCUT2D eigenvalue weighted by Gasteiger charge is 2.34. The first-order valence-corrected chi connectivity index (χ1v) is 11.3. The van der Waals surface area contributed by atoms with Gasteiger partial charge in [0.2, 0.25) is 5.91 Å². The Morgan fingerprint density at radius 3 is 2.41 bits per heavy atom. The van der Waals surface area contributed by atoms with Gasteiger partial charge in [0.15, 0.2) is 0 Å². The van der Waals surface area contributed by atoms with E-state index in [4.69, 9.17) is 0 Å². The SMILES string of the molecule is Cc1cc(C2CC(C(=O)NCc3ccccc3F)CN(C(=O)Nc3ccccc3)C2)ccc1F. The molecule has 0 bridgehead atoms. The second-order valence-corrected chi connectivity index (χ2v) is 8.65. The lowest BCUT2D eigenvalue weighted by Gasteiger charge is -2.37. The number of nitrogens with one attached hydrogen (secondary N) is 2. The average molecular weight is 464 g/mol. The summed E-state index contributed by atoms with van der Waals surface area (Å²) in [5, 5.41) is 5.69. The van der Waals surface area contributed by atoms with Crippen molar-refractivity contribution in [2.24, 2.45) is 5.92 Å². The minimum atomic E-state index is -0.489. The van der Waals surface area contributed by atoms with Gasteiger partial charge in [0, 0.05) is 36.8 Å². The highest BCUT2D eigenvalue weighted by Crippen LogP contribution is 2.32. The number of para-hydroxylation sites is 1. The van der Waals surface area contributed by atoms with Gasteiger partial charge in [0.1, 0.15) is 11.6 Å². The normalized spacial score (nSPS) is 17.8. The third kappa shape index (κ3) is 5.60. The average Bonchev–Trinajstić information content (AvgIpc) is 2.85. The number of anilines is 1. The van der Waals surface area contributed by atoms with Gasteiger partial charge in [-0.3, -0.25) is 4.79 Å². The van der Waals surface area contributed by atoms with Gasteiger partial charge < -0.3 is 15.5 Å². The summed E-state index contributed by atoms with van der Waals surface area (Å²) in [6.07, 6.45) is 0.503. The topological polar surface area (TPSA) is 61.4 Å². The molecule has 3 aromatic carbocycles. The maximum atomic E-state index is 14.0. The van der Waals surface area contributed by atoms with E-state index in [1.807, 2.05) is 18.2 Å². The molecule has 1 aliphatic heterocycles. The van der Waals surface area contributed by atoms with E-state index in [-0.39, 0.29) is 42.6 Å². The van der Waals surface area contributed by atoms with Gasteiger partial charge in [0.05, 0.1) is 5.92 Å². The van der Waals surface area contributed by atoms with Crippen LogP contribution in [0.15, 0.2) is 72.8 Å². The maximum absolute atomic E-state index is 14.0. The van der Waals surface area contributed by atoms with Crippen LogP contribution >= 0.6 is 0 Å². The van der Waals surface area contributed by atoms with Crippen LogP contribution in [0, 0.1) is 24.5 Å². The molecule has 34 heavy (non-hydrogen) atoms. The quantitative estimate of drug-likeness (QED) is 0.545. The number of hydrogen-bond donors (Lipinski definition) is 2. The monoisotopic (exact) mass is 463 g/mol. The molecular weight excluding hydrogens is 436 g/mol. The molecule has 0 radical (unpaired) electrons. The summed E-state index contributed by atoms with van der Waals surface area (Å²) < 4.78 is 27.8. The fourth-order valence-corrected chi connectivity index (χ4v) is 4.31. The number of piperidine rings is 1. The molecule has 2 N–H and O–H groups in total. The minimum absolute atomic E-state index is 0.0680. The Morgan fingerprint density at radius 2 is 1.68 bits per heavy atom. The first-order valence-electron chi connectivity index (χ1n) is 11.3. The van der Waals surface area contributed by atoms with Crippen LogP contribution in [0.4, 0.5) is 19.3 Å². The number of amides is 3. The van der Waals surface area contributed by atoms with Crippen molar-refractivity contribution in [3.05, 3.63) is 101 Å². The van der Waals surface area contributed by atoms with Crippen LogP contribution in [0.25, 0.3) is 0 Å². The molecule has 5 nitrogen and oxygen atoms in total. The van der Waals surface area contributed by atoms with Crippen molar-refractivity contribution in [2.75, 3.05) is 18.4 Å². The molecule has 7 heteroatoms. The number of aryl methyl sites for hydroxylation is 1. The number of benzene rings is 3. The van der Waals surface area contributed by atoms with E-state index in [2.05, 4.69) is 10.6 Å². The van der Waals surface area contributed by atoms with Crippen molar-refractivity contribution in [1.29, 1.82) is 0 Å². The number of carbonyl (C=O) groups is 2. The fraction of sp³-hybridized carbons (Fsp3) is 0.259. The number of nitrogens with zero attached hydrogens (tertiary/aromatic N) is 1. The standard InChI is InChI=1S/C27H27F2N3O2/c1-18-13-19(11-12-24(18)28)21-14-22(26(33)30-15-20-7-5-6-10-25(20)29)17-32(16-21)27(34)31-23-8-3-2-4-9-23/h2-13,21-22H,14-17H2,1H3,(H,30,33)(H,31,34). The predicted octanol–water partition coefficient (Wildman–Crippen LogP) is 5.23. The van der Waals surface area contributed by atoms with E-state index in [0.717, 1.165) is 5.56 Å². The lowest BCUT2D eigenvalue weighted by atomic mass is 9.83. The van der Waals surface area contributed by atoms with Crippen molar-refractivity contribution in [3.8, 4) is 0 Å². The Labute approximate surface area is 197 Å². The first kappa shape index (κ1) is 23.4. The van der Waals surface area contributed by atoms with Gasteiger partial charge in [-0.15, -0.1) is 0 Å². The van der Waals surface area contributed by atoms with Crippen LogP contribution in [-0.2, 0) is 11.3 Å². The largest absolute Gasteiger partial charge is 0.352 e. The van der Waals surface area contributed by atoms with E-state index >= 15 is 0 Å². The molecule has 3 aromatic rings. The molecule has 2 atom stereocenters. The van der Waals surface area contributed by atoms with E-state index in [0.29, 0.717) is 29.8 Å². The zero-order chi connectivity index (χ0) is 24.1. The van der Waals surface area contributed by atoms with Crippen LogP contribution in [0.1, 0.15) is 29.0 Å². The molecule has 0 spiro atoms. The lowest BCUT2D eigenvalue weighted by Crippen LogP contribution is -2.49. The molecule has 0 aliphatic carbocycles. The number of likely N-dealkylation sites (tertiary alicyclic amines) is 1. The smallest absolute Gasteiger partial charge is 0.321 e. The minimum Gasteiger partial charge on any atom is -0.352 e. The molecule has 0 saturated carbocycles. The summed E-state index contributed by atoms with van der Waals surface area (Å²) in [5.74, 6) is -1.55. The zero-order valence-electron chi connectivity index (χ0n) is 18.9. The van der Waals surface area contributed by atoms with Crippen LogP contribution in [0.5, 0.6) is 0 Å². The number of hydrogen-bond acceptors (Lipinski definition) is 2. The van der Waals surface area contributed by atoms with Gasteiger partial charge in [-0.2, -0.15) is 0 Å². The molecule has 0 aromatic heterocycles. The Morgan fingerprint density at radius 1 is 0.941 bits per heavy atom. The molecule has 176 valence electrons. The Kier molecular flexibility index (Phi) is 7.21. The van der Waals surface area contributed by atoms with Gasteiger partial charge in [-0.1, -0.05) is 48.5 Å². The van der Waals surface area contributed by atoms with Crippen LogP contribution < -0.4 is 10.6 Å².